The number of aryl methyl sites for hydroxylation is 1. The molecule has 1 aromatic heterocycles. The number of allylic oxidation sites excluding steroid dienone is 1. The van der Waals surface area contributed by atoms with Crippen LogP contribution in [0.5, 0.6) is 0 Å². The number of nitrogen functional groups attached to an aromatic ring is 1. The first kappa shape index (κ1) is 11.9. The molecule has 0 radical (unpaired) electrons. The molecule has 1 aliphatic carbocycles. The summed E-state index contributed by atoms with van der Waals surface area (Å²) in [5.41, 5.74) is 7.24. The lowest BCUT2D eigenvalue weighted by Gasteiger charge is -2.13. The minimum atomic E-state index is 0.525. The normalized spacial score (nSPS) is 15.5. The first-order valence-electron chi connectivity index (χ1n) is 6.27. The first-order valence-corrected chi connectivity index (χ1v) is 6.27. The molecule has 0 unspecified atom stereocenters. The lowest BCUT2D eigenvalue weighted by Crippen LogP contribution is -2.07. The van der Waals surface area contributed by atoms with Gasteiger partial charge in [0, 0.05) is 12.6 Å². The van der Waals surface area contributed by atoms with Crippen LogP contribution in [0.25, 0.3) is 0 Å². The molecular weight excluding hydrogens is 212 g/mol. The summed E-state index contributed by atoms with van der Waals surface area (Å²) in [7, 11) is 0. The summed E-state index contributed by atoms with van der Waals surface area (Å²) in [5.74, 6) is 2.06. The van der Waals surface area contributed by atoms with Gasteiger partial charge in [0.05, 0.1) is 0 Å². The van der Waals surface area contributed by atoms with Crippen molar-refractivity contribution in [1.82, 2.24) is 9.97 Å². The Bertz CT molecular complexity index is 392. The predicted octanol–water partition coefficient (Wildman–Crippen LogP) is 2.67. The second-order valence-corrected chi connectivity index (χ2v) is 4.51. The van der Waals surface area contributed by atoms with Gasteiger partial charge in [-0.1, -0.05) is 11.6 Å². The van der Waals surface area contributed by atoms with Crippen molar-refractivity contribution in [2.75, 3.05) is 17.6 Å². The highest BCUT2D eigenvalue weighted by molar-refractivity contribution is 5.44. The third-order valence-corrected chi connectivity index (χ3v) is 3.00. The summed E-state index contributed by atoms with van der Waals surface area (Å²) in [5, 5.41) is 3.30. The SMILES string of the molecule is Cc1nc(N)cc(NCCC2=CCCCC2)n1. The summed E-state index contributed by atoms with van der Waals surface area (Å²) < 4.78 is 0. The van der Waals surface area contributed by atoms with E-state index in [4.69, 9.17) is 5.73 Å². The van der Waals surface area contributed by atoms with Gasteiger partial charge in [-0.05, 0) is 39.0 Å². The molecule has 0 amide bonds. The van der Waals surface area contributed by atoms with Crippen LogP contribution in [0.2, 0.25) is 0 Å². The van der Waals surface area contributed by atoms with Crippen molar-refractivity contribution in [3.63, 3.8) is 0 Å². The maximum absolute atomic E-state index is 5.67. The lowest BCUT2D eigenvalue weighted by atomic mass is 9.97. The molecule has 4 nitrogen and oxygen atoms in total. The largest absolute Gasteiger partial charge is 0.384 e. The maximum atomic E-state index is 5.67. The zero-order valence-corrected chi connectivity index (χ0v) is 10.4. The monoisotopic (exact) mass is 232 g/mol. The van der Waals surface area contributed by atoms with Gasteiger partial charge in [-0.3, -0.25) is 0 Å². The zero-order valence-electron chi connectivity index (χ0n) is 10.4. The molecule has 0 fully saturated rings. The fourth-order valence-electron chi connectivity index (χ4n) is 2.16. The molecule has 0 saturated heterocycles. The molecule has 2 rings (SSSR count). The molecule has 92 valence electrons. The Kier molecular flexibility index (Phi) is 3.96. The first-order chi connectivity index (χ1) is 8.24. The Morgan fingerprint density at radius 3 is 2.94 bits per heavy atom. The fourth-order valence-corrected chi connectivity index (χ4v) is 2.16. The number of nitrogens with one attached hydrogen (secondary N) is 1. The average molecular weight is 232 g/mol. The van der Waals surface area contributed by atoms with Crippen LogP contribution in [-0.2, 0) is 0 Å². The van der Waals surface area contributed by atoms with Crippen LogP contribution < -0.4 is 11.1 Å². The number of nitrogens with two attached hydrogens (primary N) is 1. The maximum Gasteiger partial charge on any atom is 0.131 e. The van der Waals surface area contributed by atoms with E-state index in [1.807, 2.05) is 6.92 Å². The molecule has 1 aliphatic rings. The highest BCUT2D eigenvalue weighted by Gasteiger charge is 2.04. The Morgan fingerprint density at radius 1 is 1.35 bits per heavy atom. The number of anilines is 2. The second kappa shape index (κ2) is 5.66. The number of hydrogen-bond acceptors (Lipinski definition) is 4. The minimum Gasteiger partial charge on any atom is -0.384 e. The van der Waals surface area contributed by atoms with E-state index in [0.29, 0.717) is 11.6 Å². The highest BCUT2D eigenvalue weighted by Crippen LogP contribution is 2.20. The van der Waals surface area contributed by atoms with Crippen LogP contribution in [0, 0.1) is 6.92 Å². The predicted molar refractivity (Wildman–Crippen MR) is 70.8 cm³/mol. The number of aromatic nitrogens is 2. The van der Waals surface area contributed by atoms with Gasteiger partial charge in [0.25, 0.3) is 0 Å². The summed E-state index contributed by atoms with van der Waals surface area (Å²) in [6.45, 7) is 2.77. The van der Waals surface area contributed by atoms with E-state index >= 15 is 0 Å². The van der Waals surface area contributed by atoms with E-state index in [1.165, 1.54) is 25.7 Å². The molecule has 0 spiro atoms. The van der Waals surface area contributed by atoms with Gasteiger partial charge in [-0.15, -0.1) is 0 Å². The minimum absolute atomic E-state index is 0.525. The molecule has 17 heavy (non-hydrogen) atoms. The molecule has 0 atom stereocenters. The van der Waals surface area contributed by atoms with Crippen LogP contribution in [0.15, 0.2) is 17.7 Å². The summed E-state index contributed by atoms with van der Waals surface area (Å²) in [6.07, 6.45) is 8.67. The van der Waals surface area contributed by atoms with E-state index in [1.54, 1.807) is 11.6 Å². The van der Waals surface area contributed by atoms with Gasteiger partial charge in [-0.25, -0.2) is 9.97 Å². The van der Waals surface area contributed by atoms with E-state index in [9.17, 15) is 0 Å². The quantitative estimate of drug-likeness (QED) is 0.783. The van der Waals surface area contributed by atoms with Gasteiger partial charge >= 0.3 is 0 Å². The Morgan fingerprint density at radius 2 is 2.24 bits per heavy atom. The smallest absolute Gasteiger partial charge is 0.131 e. The van der Waals surface area contributed by atoms with Gasteiger partial charge < -0.3 is 11.1 Å². The van der Waals surface area contributed by atoms with Crippen molar-refractivity contribution < 1.29 is 0 Å². The van der Waals surface area contributed by atoms with E-state index in [-0.39, 0.29) is 0 Å². The third-order valence-electron chi connectivity index (χ3n) is 3.00. The van der Waals surface area contributed by atoms with E-state index in [0.717, 1.165) is 18.8 Å². The number of nitrogens with zero attached hydrogens (tertiary/aromatic N) is 2. The lowest BCUT2D eigenvalue weighted by molar-refractivity contribution is 0.679. The molecule has 4 heteroatoms. The molecule has 0 bridgehead atoms. The zero-order chi connectivity index (χ0) is 12.1. The van der Waals surface area contributed by atoms with Crippen LogP contribution in [0.1, 0.15) is 37.9 Å². The third kappa shape index (κ3) is 3.73. The molecule has 0 aliphatic heterocycles. The fraction of sp³-hybridized carbons (Fsp3) is 0.538. The standard InChI is InChI=1S/C13H20N4/c1-10-16-12(14)9-13(17-10)15-8-7-11-5-3-2-4-6-11/h5,9H,2-4,6-8H2,1H3,(H3,14,15,16,17). The second-order valence-electron chi connectivity index (χ2n) is 4.51. The van der Waals surface area contributed by atoms with Gasteiger partial charge in [0.2, 0.25) is 0 Å². The van der Waals surface area contributed by atoms with Crippen LogP contribution >= 0.6 is 0 Å². The molecule has 0 aromatic carbocycles. The van der Waals surface area contributed by atoms with E-state index < -0.39 is 0 Å². The van der Waals surface area contributed by atoms with E-state index in [2.05, 4.69) is 21.4 Å². The van der Waals surface area contributed by atoms with Crippen LogP contribution in [0.4, 0.5) is 11.6 Å². The summed E-state index contributed by atoms with van der Waals surface area (Å²) >= 11 is 0. The van der Waals surface area contributed by atoms with Crippen molar-refractivity contribution >= 4 is 11.6 Å². The molecule has 1 heterocycles. The van der Waals surface area contributed by atoms with Crippen molar-refractivity contribution in [2.45, 2.75) is 39.0 Å². The highest BCUT2D eigenvalue weighted by atomic mass is 15.0. The Hall–Kier alpha value is -1.58. The molecular formula is C13H20N4. The van der Waals surface area contributed by atoms with Crippen molar-refractivity contribution in [2.24, 2.45) is 0 Å². The van der Waals surface area contributed by atoms with Crippen molar-refractivity contribution in [3.8, 4) is 0 Å². The van der Waals surface area contributed by atoms with Crippen LogP contribution in [-0.4, -0.2) is 16.5 Å². The number of rotatable bonds is 4. The summed E-state index contributed by atoms with van der Waals surface area (Å²) in [6, 6.07) is 1.78. The average Bonchev–Trinajstić information content (AvgIpc) is 2.29. The summed E-state index contributed by atoms with van der Waals surface area (Å²) in [4.78, 5) is 8.34. The molecule has 0 saturated carbocycles. The molecule has 3 N–H and O–H groups in total. The number of hydrogen-bond donors (Lipinski definition) is 2. The van der Waals surface area contributed by atoms with Crippen molar-refractivity contribution in [1.29, 1.82) is 0 Å². The molecule has 1 aromatic rings. The van der Waals surface area contributed by atoms with Gasteiger partial charge in [0.1, 0.15) is 17.5 Å². The topological polar surface area (TPSA) is 63.8 Å². The van der Waals surface area contributed by atoms with Gasteiger partial charge in [-0.2, -0.15) is 0 Å². The van der Waals surface area contributed by atoms with Crippen LogP contribution in [0.3, 0.4) is 0 Å². The Balaban J connectivity index is 1.83. The van der Waals surface area contributed by atoms with Crippen molar-refractivity contribution in [3.05, 3.63) is 23.5 Å². The van der Waals surface area contributed by atoms with Gasteiger partial charge in [0.15, 0.2) is 0 Å². The Labute approximate surface area is 102 Å².